The summed E-state index contributed by atoms with van der Waals surface area (Å²) in [5.41, 5.74) is 0.974. The fourth-order valence-corrected chi connectivity index (χ4v) is 2.16. The van der Waals surface area contributed by atoms with Crippen LogP contribution in [-0.4, -0.2) is 26.8 Å². The van der Waals surface area contributed by atoms with Gasteiger partial charge in [-0.1, -0.05) is 18.2 Å². The summed E-state index contributed by atoms with van der Waals surface area (Å²) < 4.78 is 21.2. The molecule has 0 aliphatic rings. The normalized spacial score (nSPS) is 10.5. The van der Waals surface area contributed by atoms with Crippen LogP contribution in [0, 0.1) is 0 Å². The van der Waals surface area contributed by atoms with Gasteiger partial charge in [0.05, 0.1) is 27.2 Å². The molecule has 0 heterocycles. The molecule has 132 valence electrons. The number of ether oxygens (including phenoxy) is 4. The van der Waals surface area contributed by atoms with Crippen LogP contribution >= 0.6 is 0 Å². The van der Waals surface area contributed by atoms with Crippen molar-refractivity contribution < 1.29 is 23.7 Å². The van der Waals surface area contributed by atoms with E-state index in [-0.39, 0.29) is 19.0 Å². The zero-order chi connectivity index (χ0) is 18.1. The second kappa shape index (κ2) is 9.37. The van der Waals surface area contributed by atoms with Gasteiger partial charge in [0.2, 0.25) is 0 Å². The number of carbonyl (C=O) groups is 1. The molecule has 2 rings (SSSR count). The number of methoxy groups -OCH3 is 2. The van der Waals surface area contributed by atoms with Crippen molar-refractivity contribution in [1.29, 1.82) is 0 Å². The molecular formula is C20H22O5. The predicted octanol–water partition coefficient (Wildman–Crippen LogP) is 4.11. The van der Waals surface area contributed by atoms with E-state index < -0.39 is 0 Å². The molecule has 2 aromatic rings. The highest BCUT2D eigenvalue weighted by Gasteiger charge is 2.11. The van der Waals surface area contributed by atoms with E-state index in [1.807, 2.05) is 31.2 Å². The van der Waals surface area contributed by atoms with Crippen molar-refractivity contribution in [3.63, 3.8) is 0 Å². The number of carbonyl (C=O) groups excluding carboxylic acids is 1. The lowest BCUT2D eigenvalue weighted by atomic mass is 10.2. The number of hydrogen-bond donors (Lipinski definition) is 0. The van der Waals surface area contributed by atoms with E-state index in [1.165, 1.54) is 0 Å². The Kier molecular flexibility index (Phi) is 6.89. The molecule has 0 saturated heterocycles. The van der Waals surface area contributed by atoms with Crippen LogP contribution in [0.4, 0.5) is 0 Å². The summed E-state index contributed by atoms with van der Waals surface area (Å²) >= 11 is 0. The van der Waals surface area contributed by atoms with Gasteiger partial charge in [-0.25, -0.2) is 0 Å². The molecule has 5 heteroatoms. The topological polar surface area (TPSA) is 54.0 Å². The highest BCUT2D eigenvalue weighted by molar-refractivity contribution is 5.73. The van der Waals surface area contributed by atoms with Gasteiger partial charge in [0.1, 0.15) is 11.5 Å². The second-order valence-electron chi connectivity index (χ2n) is 5.16. The molecule has 0 N–H and O–H groups in total. The van der Waals surface area contributed by atoms with Gasteiger partial charge in [0.25, 0.3) is 0 Å². The highest BCUT2D eigenvalue weighted by Crippen LogP contribution is 2.29. The Morgan fingerprint density at radius 2 is 1.68 bits per heavy atom. The average molecular weight is 342 g/mol. The van der Waals surface area contributed by atoms with Gasteiger partial charge >= 0.3 is 5.97 Å². The first kappa shape index (κ1) is 18.4. The molecule has 0 atom stereocenters. The van der Waals surface area contributed by atoms with E-state index in [0.717, 1.165) is 11.3 Å². The summed E-state index contributed by atoms with van der Waals surface area (Å²) in [6, 6.07) is 12.6. The van der Waals surface area contributed by atoms with Crippen LogP contribution in [0.3, 0.4) is 0 Å². The largest absolute Gasteiger partial charge is 0.497 e. The summed E-state index contributed by atoms with van der Waals surface area (Å²) in [4.78, 5) is 12.0. The van der Waals surface area contributed by atoms with Crippen LogP contribution in [0.25, 0.3) is 6.08 Å². The Morgan fingerprint density at radius 3 is 2.32 bits per heavy atom. The maximum Gasteiger partial charge on any atom is 0.314 e. The van der Waals surface area contributed by atoms with E-state index in [0.29, 0.717) is 17.2 Å². The van der Waals surface area contributed by atoms with Gasteiger partial charge < -0.3 is 18.9 Å². The summed E-state index contributed by atoms with van der Waals surface area (Å²) in [5.74, 6) is 1.94. The first-order valence-corrected chi connectivity index (χ1v) is 7.94. The molecule has 0 fully saturated rings. The Balaban J connectivity index is 1.87. The molecule has 0 spiro atoms. The van der Waals surface area contributed by atoms with Crippen LogP contribution in [-0.2, 0) is 4.79 Å². The molecule has 25 heavy (non-hydrogen) atoms. The third-order valence-electron chi connectivity index (χ3n) is 3.40. The Hall–Kier alpha value is -2.95. The number of esters is 1. The van der Waals surface area contributed by atoms with Crippen LogP contribution in [0.5, 0.6) is 23.0 Å². The van der Waals surface area contributed by atoms with Crippen molar-refractivity contribution in [2.45, 2.75) is 13.3 Å². The van der Waals surface area contributed by atoms with Crippen molar-refractivity contribution in [1.82, 2.24) is 0 Å². The van der Waals surface area contributed by atoms with E-state index in [9.17, 15) is 4.79 Å². The first-order chi connectivity index (χ1) is 12.2. The minimum absolute atomic E-state index is 0.131. The van der Waals surface area contributed by atoms with Crippen molar-refractivity contribution >= 4 is 12.0 Å². The van der Waals surface area contributed by atoms with Crippen molar-refractivity contribution in [2.75, 3.05) is 20.8 Å². The molecule has 0 unspecified atom stereocenters. The Bertz CT molecular complexity index is 719. The fraction of sp³-hybridized carbons (Fsp3) is 0.250. The van der Waals surface area contributed by atoms with Crippen molar-refractivity contribution in [2.24, 2.45) is 0 Å². The minimum Gasteiger partial charge on any atom is -0.497 e. The van der Waals surface area contributed by atoms with Crippen molar-refractivity contribution in [3.8, 4) is 23.0 Å². The van der Waals surface area contributed by atoms with Gasteiger partial charge in [0.15, 0.2) is 11.5 Å². The minimum atomic E-state index is -0.384. The molecule has 0 radical (unpaired) electrons. The SMILES string of the molecule is C/C=C/c1ccc(OC(=O)CCOc2ccc(OC)cc2)c(OC)c1. The van der Waals surface area contributed by atoms with E-state index in [2.05, 4.69) is 0 Å². The molecule has 5 nitrogen and oxygen atoms in total. The van der Waals surface area contributed by atoms with Gasteiger partial charge in [-0.2, -0.15) is 0 Å². The van der Waals surface area contributed by atoms with E-state index in [4.69, 9.17) is 18.9 Å². The lowest BCUT2D eigenvalue weighted by molar-refractivity contribution is -0.135. The second-order valence-corrected chi connectivity index (χ2v) is 5.16. The average Bonchev–Trinajstić information content (AvgIpc) is 2.63. The summed E-state index contributed by atoms with van der Waals surface area (Å²) in [6.45, 7) is 2.16. The maximum atomic E-state index is 12.0. The van der Waals surface area contributed by atoms with Crippen LogP contribution < -0.4 is 18.9 Å². The molecule has 0 saturated carbocycles. The van der Waals surface area contributed by atoms with E-state index >= 15 is 0 Å². The summed E-state index contributed by atoms with van der Waals surface area (Å²) in [6.07, 6.45) is 4.00. The molecule has 0 aliphatic carbocycles. The third-order valence-corrected chi connectivity index (χ3v) is 3.40. The van der Waals surface area contributed by atoms with Gasteiger partial charge in [-0.3, -0.25) is 4.79 Å². The zero-order valence-electron chi connectivity index (χ0n) is 14.7. The third kappa shape index (κ3) is 5.57. The standard InChI is InChI=1S/C20H22O5/c1-4-5-15-6-11-18(19(14-15)23-3)25-20(21)12-13-24-17-9-7-16(22-2)8-10-17/h4-11,14H,12-13H2,1-3H3/b5-4+. The number of hydrogen-bond acceptors (Lipinski definition) is 5. The number of benzene rings is 2. The van der Waals surface area contributed by atoms with Crippen LogP contribution in [0.1, 0.15) is 18.9 Å². The number of rotatable bonds is 8. The Labute approximate surface area is 147 Å². The fourth-order valence-electron chi connectivity index (χ4n) is 2.16. The summed E-state index contributed by atoms with van der Waals surface area (Å²) in [7, 11) is 3.14. The molecule has 0 aromatic heterocycles. The van der Waals surface area contributed by atoms with Crippen LogP contribution in [0.2, 0.25) is 0 Å². The molecule has 0 aliphatic heterocycles. The molecular weight excluding hydrogens is 320 g/mol. The molecule has 2 aromatic carbocycles. The maximum absolute atomic E-state index is 12.0. The zero-order valence-corrected chi connectivity index (χ0v) is 14.7. The first-order valence-electron chi connectivity index (χ1n) is 7.94. The van der Waals surface area contributed by atoms with Gasteiger partial charge in [-0.15, -0.1) is 0 Å². The monoisotopic (exact) mass is 342 g/mol. The predicted molar refractivity (Wildman–Crippen MR) is 96.4 cm³/mol. The smallest absolute Gasteiger partial charge is 0.314 e. The highest BCUT2D eigenvalue weighted by atomic mass is 16.6. The lowest BCUT2D eigenvalue weighted by Gasteiger charge is -2.10. The van der Waals surface area contributed by atoms with Gasteiger partial charge in [0, 0.05) is 0 Å². The van der Waals surface area contributed by atoms with Crippen molar-refractivity contribution in [3.05, 3.63) is 54.1 Å². The van der Waals surface area contributed by atoms with Crippen LogP contribution in [0.15, 0.2) is 48.5 Å². The van der Waals surface area contributed by atoms with Gasteiger partial charge in [-0.05, 0) is 48.9 Å². The quantitative estimate of drug-likeness (QED) is 0.534. The number of allylic oxidation sites excluding steroid dienone is 1. The molecule has 0 amide bonds. The summed E-state index contributed by atoms with van der Waals surface area (Å²) in [5, 5.41) is 0. The lowest BCUT2D eigenvalue weighted by Crippen LogP contribution is -2.13. The Morgan fingerprint density at radius 1 is 0.960 bits per heavy atom. The molecule has 0 bridgehead atoms. The van der Waals surface area contributed by atoms with E-state index in [1.54, 1.807) is 44.6 Å².